The van der Waals surface area contributed by atoms with Gasteiger partial charge >= 0.3 is 0 Å². The van der Waals surface area contributed by atoms with Crippen molar-refractivity contribution in [3.8, 4) is 5.88 Å². The maximum atomic E-state index is 12.8. The van der Waals surface area contributed by atoms with Crippen molar-refractivity contribution in [3.05, 3.63) is 23.9 Å². The number of hydrogen-bond acceptors (Lipinski definition) is 4. The number of hydrogen-bond donors (Lipinski definition) is 1. The second kappa shape index (κ2) is 7.98. The predicted molar refractivity (Wildman–Crippen MR) is 82.6 cm³/mol. The van der Waals surface area contributed by atoms with Gasteiger partial charge in [-0.25, -0.2) is 4.98 Å². The minimum absolute atomic E-state index is 0.0281. The first kappa shape index (κ1) is 15.8. The lowest BCUT2D eigenvalue weighted by Gasteiger charge is -2.30. The van der Waals surface area contributed by atoms with E-state index in [2.05, 4.69) is 17.2 Å². The Morgan fingerprint density at radius 3 is 2.90 bits per heavy atom. The Morgan fingerprint density at radius 1 is 1.48 bits per heavy atom. The molecule has 1 saturated heterocycles. The van der Waals surface area contributed by atoms with Crippen LogP contribution in [0, 0.1) is 5.92 Å². The maximum Gasteiger partial charge on any atom is 0.259 e. The first-order chi connectivity index (χ1) is 10.3. The first-order valence-electron chi connectivity index (χ1n) is 7.75. The van der Waals surface area contributed by atoms with E-state index in [9.17, 15) is 4.79 Å². The van der Waals surface area contributed by atoms with E-state index in [4.69, 9.17) is 4.74 Å². The van der Waals surface area contributed by atoms with Crippen LogP contribution in [0.5, 0.6) is 5.88 Å². The molecule has 1 aliphatic heterocycles. The third kappa shape index (κ3) is 4.17. The molecule has 5 heteroatoms. The molecule has 1 aliphatic rings. The number of amides is 1. The smallest absolute Gasteiger partial charge is 0.259 e. The van der Waals surface area contributed by atoms with Gasteiger partial charge in [-0.05, 0) is 50.4 Å². The average Bonchev–Trinajstić information content (AvgIpc) is 2.54. The van der Waals surface area contributed by atoms with E-state index in [0.29, 0.717) is 17.4 Å². The van der Waals surface area contributed by atoms with Gasteiger partial charge in [-0.1, -0.05) is 6.92 Å². The molecule has 116 valence electrons. The van der Waals surface area contributed by atoms with Crippen molar-refractivity contribution in [2.75, 3.05) is 33.3 Å². The molecule has 0 unspecified atom stereocenters. The van der Waals surface area contributed by atoms with Crippen molar-refractivity contribution in [2.24, 2.45) is 5.92 Å². The summed E-state index contributed by atoms with van der Waals surface area (Å²) < 4.78 is 5.22. The maximum absolute atomic E-state index is 12.8. The van der Waals surface area contributed by atoms with Crippen LogP contribution < -0.4 is 10.1 Å². The number of carbonyl (C=O) groups excluding carboxylic acids is 1. The molecular formula is C16H25N3O2. The Morgan fingerprint density at radius 2 is 2.24 bits per heavy atom. The summed E-state index contributed by atoms with van der Waals surface area (Å²) in [5, 5.41) is 3.37. The van der Waals surface area contributed by atoms with E-state index in [1.165, 1.54) is 0 Å². The normalized spacial score (nSPS) is 15.7. The molecule has 21 heavy (non-hydrogen) atoms. The Bertz CT molecular complexity index is 459. The zero-order valence-corrected chi connectivity index (χ0v) is 13.0. The largest absolute Gasteiger partial charge is 0.480 e. The lowest BCUT2D eigenvalue weighted by molar-refractivity contribution is 0.0712. The van der Waals surface area contributed by atoms with Crippen LogP contribution in [0.2, 0.25) is 0 Å². The molecule has 0 spiro atoms. The highest BCUT2D eigenvalue weighted by Crippen LogP contribution is 2.19. The summed E-state index contributed by atoms with van der Waals surface area (Å²) in [6.45, 7) is 5.81. The fraction of sp³-hybridized carbons (Fsp3) is 0.625. The van der Waals surface area contributed by atoms with Crippen molar-refractivity contribution < 1.29 is 9.53 Å². The van der Waals surface area contributed by atoms with Crippen LogP contribution in [0.1, 0.15) is 36.5 Å². The zero-order chi connectivity index (χ0) is 15.1. The van der Waals surface area contributed by atoms with Crippen molar-refractivity contribution in [1.82, 2.24) is 15.2 Å². The van der Waals surface area contributed by atoms with Crippen LogP contribution in [0.4, 0.5) is 0 Å². The Labute approximate surface area is 126 Å². The van der Waals surface area contributed by atoms with E-state index < -0.39 is 0 Å². The molecule has 0 radical (unpaired) electrons. The predicted octanol–water partition coefficient (Wildman–Crippen LogP) is 1.94. The number of methoxy groups -OCH3 is 1. The summed E-state index contributed by atoms with van der Waals surface area (Å²) in [5.41, 5.74) is 0.558. The van der Waals surface area contributed by atoms with Crippen LogP contribution >= 0.6 is 0 Å². The van der Waals surface area contributed by atoms with Crippen LogP contribution in [-0.4, -0.2) is 49.1 Å². The minimum Gasteiger partial charge on any atom is -0.480 e. The van der Waals surface area contributed by atoms with Crippen molar-refractivity contribution in [2.45, 2.75) is 26.2 Å². The quantitative estimate of drug-likeness (QED) is 0.870. The molecule has 0 aliphatic carbocycles. The molecule has 5 nitrogen and oxygen atoms in total. The summed E-state index contributed by atoms with van der Waals surface area (Å²) in [5.74, 6) is 1.03. The number of piperidine rings is 1. The summed E-state index contributed by atoms with van der Waals surface area (Å²) >= 11 is 0. The van der Waals surface area contributed by atoms with Gasteiger partial charge in [0.1, 0.15) is 5.56 Å². The lowest BCUT2D eigenvalue weighted by atomic mass is 9.97. The molecule has 1 N–H and O–H groups in total. The van der Waals surface area contributed by atoms with Gasteiger partial charge in [0.05, 0.1) is 7.11 Å². The standard InChI is InChI=1S/C16H25N3O2/c1-3-11-19(12-13-6-9-17-10-7-13)16(20)14-5-4-8-18-15(14)21-2/h4-5,8,13,17H,3,6-7,9-12H2,1-2H3. The summed E-state index contributed by atoms with van der Waals surface area (Å²) in [6, 6.07) is 3.57. The molecule has 0 atom stereocenters. The van der Waals surface area contributed by atoms with E-state index in [-0.39, 0.29) is 5.91 Å². The highest BCUT2D eigenvalue weighted by Gasteiger charge is 2.23. The molecule has 1 aromatic heterocycles. The van der Waals surface area contributed by atoms with Crippen molar-refractivity contribution in [1.29, 1.82) is 0 Å². The van der Waals surface area contributed by atoms with Gasteiger partial charge in [-0.15, -0.1) is 0 Å². The van der Waals surface area contributed by atoms with Crippen LogP contribution in [-0.2, 0) is 0 Å². The van der Waals surface area contributed by atoms with Gasteiger partial charge < -0.3 is 15.0 Å². The highest BCUT2D eigenvalue weighted by molar-refractivity contribution is 5.96. The van der Waals surface area contributed by atoms with Crippen LogP contribution in [0.3, 0.4) is 0 Å². The molecule has 2 rings (SSSR count). The van der Waals surface area contributed by atoms with Gasteiger partial charge in [0.25, 0.3) is 5.91 Å². The van der Waals surface area contributed by atoms with E-state index in [1.807, 2.05) is 4.90 Å². The van der Waals surface area contributed by atoms with Gasteiger partial charge in [-0.2, -0.15) is 0 Å². The second-order valence-corrected chi connectivity index (χ2v) is 5.50. The fourth-order valence-corrected chi connectivity index (χ4v) is 2.81. The molecule has 0 aromatic carbocycles. The lowest BCUT2D eigenvalue weighted by Crippen LogP contribution is -2.40. The second-order valence-electron chi connectivity index (χ2n) is 5.50. The fourth-order valence-electron chi connectivity index (χ4n) is 2.81. The summed E-state index contributed by atoms with van der Waals surface area (Å²) in [7, 11) is 1.55. The minimum atomic E-state index is 0.0281. The topological polar surface area (TPSA) is 54.5 Å². The van der Waals surface area contributed by atoms with Crippen molar-refractivity contribution in [3.63, 3.8) is 0 Å². The Kier molecular flexibility index (Phi) is 5.99. The molecule has 1 aromatic rings. The first-order valence-corrected chi connectivity index (χ1v) is 7.75. The van der Waals surface area contributed by atoms with E-state index >= 15 is 0 Å². The van der Waals surface area contributed by atoms with Gasteiger partial charge in [0.15, 0.2) is 0 Å². The third-order valence-electron chi connectivity index (χ3n) is 3.91. The molecule has 1 amide bonds. The number of carbonyl (C=O) groups is 1. The zero-order valence-electron chi connectivity index (χ0n) is 13.0. The number of ether oxygens (including phenoxy) is 1. The average molecular weight is 291 g/mol. The molecular weight excluding hydrogens is 266 g/mol. The summed E-state index contributed by atoms with van der Waals surface area (Å²) in [4.78, 5) is 18.9. The molecule has 0 bridgehead atoms. The van der Waals surface area contributed by atoms with E-state index in [1.54, 1.807) is 25.4 Å². The number of aromatic nitrogens is 1. The number of nitrogens with zero attached hydrogens (tertiary/aromatic N) is 2. The van der Waals surface area contributed by atoms with Gasteiger partial charge in [0.2, 0.25) is 5.88 Å². The van der Waals surface area contributed by atoms with Crippen molar-refractivity contribution >= 4 is 5.91 Å². The molecule has 0 saturated carbocycles. The van der Waals surface area contributed by atoms with Gasteiger partial charge in [0, 0.05) is 19.3 Å². The third-order valence-corrected chi connectivity index (χ3v) is 3.91. The number of nitrogens with one attached hydrogen (secondary N) is 1. The van der Waals surface area contributed by atoms with Gasteiger partial charge in [-0.3, -0.25) is 4.79 Å². The molecule has 1 fully saturated rings. The Balaban J connectivity index is 2.10. The molecule has 2 heterocycles. The monoisotopic (exact) mass is 291 g/mol. The highest BCUT2D eigenvalue weighted by atomic mass is 16.5. The van der Waals surface area contributed by atoms with Crippen LogP contribution in [0.15, 0.2) is 18.3 Å². The number of rotatable bonds is 6. The van der Waals surface area contributed by atoms with Crippen LogP contribution in [0.25, 0.3) is 0 Å². The summed E-state index contributed by atoms with van der Waals surface area (Å²) in [6.07, 6.45) is 4.88. The Hall–Kier alpha value is -1.62. The number of pyridine rings is 1. The SMILES string of the molecule is CCCN(CC1CCNCC1)C(=O)c1cccnc1OC. The van der Waals surface area contributed by atoms with E-state index in [0.717, 1.165) is 45.4 Å².